The largest absolute Gasteiger partial charge is 0.352 e. The number of amides is 2. The summed E-state index contributed by atoms with van der Waals surface area (Å²) < 4.78 is 0.963. The summed E-state index contributed by atoms with van der Waals surface area (Å²) in [6, 6.07) is 15.5. The number of nitrogens with zero attached hydrogens (tertiary/aromatic N) is 1. The minimum Gasteiger partial charge on any atom is -0.352 e. The molecular formula is C19H19BrN2O2. The van der Waals surface area contributed by atoms with Crippen molar-refractivity contribution < 1.29 is 9.59 Å². The highest BCUT2D eigenvalue weighted by Crippen LogP contribution is 2.26. The first-order valence-corrected chi connectivity index (χ1v) is 8.72. The van der Waals surface area contributed by atoms with Crippen LogP contribution in [0.5, 0.6) is 0 Å². The maximum absolute atomic E-state index is 12.4. The van der Waals surface area contributed by atoms with Crippen molar-refractivity contribution in [3.05, 3.63) is 64.1 Å². The molecule has 0 aliphatic carbocycles. The van der Waals surface area contributed by atoms with Crippen molar-refractivity contribution in [2.75, 3.05) is 11.4 Å². The zero-order valence-electron chi connectivity index (χ0n) is 13.5. The lowest BCUT2D eigenvalue weighted by Crippen LogP contribution is -2.32. The standard InChI is InChI=1S/C19H19BrN2O2/c1-13-4-2-3-5-14(13)11-21-19(24)15-10-18(23)22(12-15)17-8-6-16(20)7-9-17/h2-9,15H,10-12H2,1H3,(H,21,24)/t15-/m1/s1. The van der Waals surface area contributed by atoms with E-state index in [0.29, 0.717) is 13.1 Å². The van der Waals surface area contributed by atoms with Gasteiger partial charge in [0.05, 0.1) is 5.92 Å². The second-order valence-electron chi connectivity index (χ2n) is 6.03. The van der Waals surface area contributed by atoms with Gasteiger partial charge in [-0.15, -0.1) is 0 Å². The van der Waals surface area contributed by atoms with Crippen LogP contribution in [0.25, 0.3) is 0 Å². The Bertz CT molecular complexity index is 758. The summed E-state index contributed by atoms with van der Waals surface area (Å²) in [5.74, 6) is -0.371. The molecule has 1 fully saturated rings. The summed E-state index contributed by atoms with van der Waals surface area (Å²) in [6.07, 6.45) is 0.260. The Labute approximate surface area is 150 Å². The third-order valence-electron chi connectivity index (χ3n) is 4.35. The van der Waals surface area contributed by atoms with E-state index in [9.17, 15) is 9.59 Å². The van der Waals surface area contributed by atoms with E-state index in [-0.39, 0.29) is 24.2 Å². The molecule has 0 radical (unpaired) electrons. The van der Waals surface area contributed by atoms with Crippen LogP contribution in [0.15, 0.2) is 53.0 Å². The molecule has 2 aromatic rings. The van der Waals surface area contributed by atoms with E-state index in [4.69, 9.17) is 0 Å². The van der Waals surface area contributed by atoms with Crippen LogP contribution in [-0.2, 0) is 16.1 Å². The molecule has 0 aromatic heterocycles. The maximum Gasteiger partial charge on any atom is 0.227 e. The summed E-state index contributed by atoms with van der Waals surface area (Å²) in [7, 11) is 0. The van der Waals surface area contributed by atoms with Crippen LogP contribution in [0, 0.1) is 12.8 Å². The summed E-state index contributed by atoms with van der Waals surface area (Å²) in [6.45, 7) is 2.95. The molecule has 24 heavy (non-hydrogen) atoms. The van der Waals surface area contributed by atoms with Gasteiger partial charge in [0.15, 0.2) is 0 Å². The second-order valence-corrected chi connectivity index (χ2v) is 6.94. The Kier molecular flexibility index (Phi) is 5.00. The molecule has 0 unspecified atom stereocenters. The Balaban J connectivity index is 1.62. The van der Waals surface area contributed by atoms with Gasteiger partial charge in [-0.2, -0.15) is 0 Å². The first-order chi connectivity index (χ1) is 11.5. The molecule has 0 spiro atoms. The minimum atomic E-state index is -0.301. The second kappa shape index (κ2) is 7.18. The van der Waals surface area contributed by atoms with Crippen LogP contribution in [0.4, 0.5) is 5.69 Å². The van der Waals surface area contributed by atoms with Gasteiger partial charge >= 0.3 is 0 Å². The highest BCUT2D eigenvalue weighted by atomic mass is 79.9. The van der Waals surface area contributed by atoms with E-state index in [1.54, 1.807) is 4.90 Å². The van der Waals surface area contributed by atoms with E-state index in [1.165, 1.54) is 0 Å². The first kappa shape index (κ1) is 16.7. The van der Waals surface area contributed by atoms with Gasteiger partial charge in [0.1, 0.15) is 0 Å². The number of hydrogen-bond acceptors (Lipinski definition) is 2. The van der Waals surface area contributed by atoms with Crippen molar-refractivity contribution in [3.63, 3.8) is 0 Å². The Morgan fingerprint density at radius 1 is 1.21 bits per heavy atom. The third-order valence-corrected chi connectivity index (χ3v) is 4.88. The van der Waals surface area contributed by atoms with Gasteiger partial charge in [-0.05, 0) is 42.3 Å². The fraction of sp³-hybridized carbons (Fsp3) is 0.263. The highest BCUT2D eigenvalue weighted by molar-refractivity contribution is 9.10. The van der Waals surface area contributed by atoms with Gasteiger partial charge < -0.3 is 10.2 Å². The molecule has 1 saturated heterocycles. The number of benzene rings is 2. The average molecular weight is 387 g/mol. The average Bonchev–Trinajstić information content (AvgIpc) is 2.96. The third kappa shape index (κ3) is 3.67. The molecule has 124 valence electrons. The molecule has 5 heteroatoms. The number of nitrogens with one attached hydrogen (secondary N) is 1. The molecule has 1 heterocycles. The van der Waals surface area contributed by atoms with Crippen molar-refractivity contribution in [1.29, 1.82) is 0 Å². The number of carbonyl (C=O) groups excluding carboxylic acids is 2. The number of rotatable bonds is 4. The summed E-state index contributed by atoms with van der Waals surface area (Å²) in [4.78, 5) is 26.3. The molecule has 2 amide bonds. The fourth-order valence-electron chi connectivity index (χ4n) is 2.89. The number of halogens is 1. The van der Waals surface area contributed by atoms with Crippen molar-refractivity contribution >= 4 is 33.4 Å². The number of aryl methyl sites for hydroxylation is 1. The lowest BCUT2D eigenvalue weighted by molar-refractivity contribution is -0.126. The van der Waals surface area contributed by atoms with Crippen molar-refractivity contribution in [2.45, 2.75) is 19.9 Å². The maximum atomic E-state index is 12.4. The lowest BCUT2D eigenvalue weighted by Gasteiger charge is -2.17. The van der Waals surface area contributed by atoms with Gasteiger partial charge in [0.25, 0.3) is 0 Å². The van der Waals surface area contributed by atoms with Crippen LogP contribution in [0.1, 0.15) is 17.5 Å². The lowest BCUT2D eigenvalue weighted by atomic mass is 10.1. The van der Waals surface area contributed by atoms with Crippen molar-refractivity contribution in [2.24, 2.45) is 5.92 Å². The monoisotopic (exact) mass is 386 g/mol. The molecule has 1 N–H and O–H groups in total. The van der Waals surface area contributed by atoms with Crippen LogP contribution in [0.2, 0.25) is 0 Å². The van der Waals surface area contributed by atoms with Gasteiger partial charge in [0, 0.05) is 29.7 Å². The van der Waals surface area contributed by atoms with E-state index in [2.05, 4.69) is 21.2 Å². The van der Waals surface area contributed by atoms with E-state index in [0.717, 1.165) is 21.3 Å². The molecular weight excluding hydrogens is 368 g/mol. The minimum absolute atomic E-state index is 0.00614. The van der Waals surface area contributed by atoms with E-state index in [1.807, 2.05) is 55.5 Å². The van der Waals surface area contributed by atoms with Crippen LogP contribution in [-0.4, -0.2) is 18.4 Å². The quantitative estimate of drug-likeness (QED) is 0.874. The SMILES string of the molecule is Cc1ccccc1CNC(=O)[C@@H]1CC(=O)N(c2ccc(Br)cc2)C1. The molecule has 0 saturated carbocycles. The molecule has 3 rings (SSSR count). The molecule has 4 nitrogen and oxygen atoms in total. The first-order valence-electron chi connectivity index (χ1n) is 7.93. The topological polar surface area (TPSA) is 49.4 Å². The number of hydrogen-bond donors (Lipinski definition) is 1. The Morgan fingerprint density at radius 2 is 1.92 bits per heavy atom. The number of carbonyl (C=O) groups is 2. The van der Waals surface area contributed by atoms with E-state index < -0.39 is 0 Å². The van der Waals surface area contributed by atoms with E-state index >= 15 is 0 Å². The highest BCUT2D eigenvalue weighted by Gasteiger charge is 2.34. The predicted octanol–water partition coefficient (Wildman–Crippen LogP) is 3.43. The van der Waals surface area contributed by atoms with Gasteiger partial charge in [0.2, 0.25) is 11.8 Å². The molecule has 0 bridgehead atoms. The Morgan fingerprint density at radius 3 is 2.62 bits per heavy atom. The van der Waals surface area contributed by atoms with Crippen molar-refractivity contribution in [1.82, 2.24) is 5.32 Å². The zero-order chi connectivity index (χ0) is 17.1. The van der Waals surface area contributed by atoms with Gasteiger partial charge in [-0.25, -0.2) is 0 Å². The van der Waals surface area contributed by atoms with Gasteiger partial charge in [-0.1, -0.05) is 40.2 Å². The Hall–Kier alpha value is -2.14. The molecule has 1 aliphatic rings. The summed E-state index contributed by atoms with van der Waals surface area (Å²) >= 11 is 3.39. The molecule has 1 aliphatic heterocycles. The zero-order valence-corrected chi connectivity index (χ0v) is 15.0. The van der Waals surface area contributed by atoms with Crippen LogP contribution in [0.3, 0.4) is 0 Å². The van der Waals surface area contributed by atoms with Crippen LogP contribution >= 0.6 is 15.9 Å². The molecule has 1 atom stereocenters. The fourth-order valence-corrected chi connectivity index (χ4v) is 3.15. The summed E-state index contributed by atoms with van der Waals surface area (Å²) in [5.41, 5.74) is 3.08. The number of anilines is 1. The normalized spacial score (nSPS) is 17.2. The predicted molar refractivity (Wildman–Crippen MR) is 97.6 cm³/mol. The van der Waals surface area contributed by atoms with Crippen LogP contribution < -0.4 is 10.2 Å². The summed E-state index contributed by atoms with van der Waals surface area (Å²) in [5, 5.41) is 2.96. The van der Waals surface area contributed by atoms with Gasteiger partial charge in [-0.3, -0.25) is 9.59 Å². The molecule has 2 aromatic carbocycles. The van der Waals surface area contributed by atoms with Crippen molar-refractivity contribution in [3.8, 4) is 0 Å². The smallest absolute Gasteiger partial charge is 0.227 e.